The van der Waals surface area contributed by atoms with Gasteiger partial charge in [-0.1, -0.05) is 24.3 Å². The number of phenolic OH excluding ortho intramolecular Hbond substituents is 1. The summed E-state index contributed by atoms with van der Waals surface area (Å²) in [6.45, 7) is 1.77. The minimum Gasteiger partial charge on any atom is -0.507 e. The molecule has 0 bridgehead atoms. The van der Waals surface area contributed by atoms with Gasteiger partial charge in [-0.2, -0.15) is 0 Å². The molecule has 0 atom stereocenters. The van der Waals surface area contributed by atoms with E-state index < -0.39 is 5.91 Å². The summed E-state index contributed by atoms with van der Waals surface area (Å²) in [7, 11) is 0. The zero-order valence-electron chi connectivity index (χ0n) is 10.5. The van der Waals surface area contributed by atoms with Crippen molar-refractivity contribution in [2.75, 3.05) is 0 Å². The molecule has 0 aliphatic heterocycles. The van der Waals surface area contributed by atoms with E-state index in [9.17, 15) is 9.90 Å². The topological polar surface area (TPSA) is 75.7 Å². The van der Waals surface area contributed by atoms with Crippen LogP contribution in [0, 0.1) is 0 Å². The summed E-state index contributed by atoms with van der Waals surface area (Å²) in [5.74, 6) is -0.371. The minimum absolute atomic E-state index is 0.153. The lowest BCUT2D eigenvalue weighted by molar-refractivity contribution is 0.100. The fraction of sp³-hybridized carbons (Fsp3) is 0.0667. The molecule has 0 saturated heterocycles. The Kier molecular flexibility index (Phi) is 3.61. The van der Waals surface area contributed by atoms with E-state index in [1.807, 2.05) is 6.07 Å². The maximum atomic E-state index is 11.3. The van der Waals surface area contributed by atoms with E-state index in [2.05, 4.69) is 4.99 Å². The highest BCUT2D eigenvalue weighted by atomic mass is 16.3. The highest BCUT2D eigenvalue weighted by molar-refractivity contribution is 6.05. The third-order valence-electron chi connectivity index (χ3n) is 2.75. The van der Waals surface area contributed by atoms with Gasteiger partial charge in [0.15, 0.2) is 0 Å². The van der Waals surface area contributed by atoms with Crippen molar-refractivity contribution in [1.29, 1.82) is 0 Å². The number of aromatic hydroxyl groups is 1. The Morgan fingerprint density at radius 2 is 1.63 bits per heavy atom. The average molecular weight is 254 g/mol. The molecule has 2 aromatic carbocycles. The summed E-state index contributed by atoms with van der Waals surface area (Å²) in [4.78, 5) is 15.7. The summed E-state index contributed by atoms with van der Waals surface area (Å²) in [5.41, 5.74) is 7.40. The minimum atomic E-state index is -0.524. The van der Waals surface area contributed by atoms with Crippen LogP contribution in [0.5, 0.6) is 5.75 Å². The van der Waals surface area contributed by atoms with Crippen LogP contribution in [0.25, 0.3) is 0 Å². The molecule has 3 N–H and O–H groups in total. The number of primary amides is 1. The number of amides is 1. The van der Waals surface area contributed by atoms with Gasteiger partial charge in [0, 0.05) is 11.3 Å². The molecule has 0 fully saturated rings. The predicted octanol–water partition coefficient (Wildman–Crippen LogP) is 2.63. The quantitative estimate of drug-likeness (QED) is 0.826. The number of nitrogens with zero attached hydrogens (tertiary/aromatic N) is 1. The number of nitrogens with two attached hydrogens (primary N) is 1. The first-order chi connectivity index (χ1) is 9.09. The van der Waals surface area contributed by atoms with Crippen LogP contribution in [0.1, 0.15) is 22.8 Å². The van der Waals surface area contributed by atoms with Gasteiger partial charge in [0.25, 0.3) is 5.91 Å². The molecule has 0 spiro atoms. The zero-order chi connectivity index (χ0) is 13.8. The van der Waals surface area contributed by atoms with Gasteiger partial charge in [-0.3, -0.25) is 9.79 Å². The van der Waals surface area contributed by atoms with Crippen LogP contribution in [0.3, 0.4) is 0 Å². The van der Waals surface area contributed by atoms with Crippen LogP contribution in [-0.2, 0) is 0 Å². The Bertz CT molecular complexity index is 648. The molecule has 4 heteroatoms. The Balaban J connectivity index is 2.47. The van der Waals surface area contributed by atoms with Gasteiger partial charge in [0.1, 0.15) is 5.75 Å². The van der Waals surface area contributed by atoms with Crippen molar-refractivity contribution in [1.82, 2.24) is 0 Å². The fourth-order valence-electron chi connectivity index (χ4n) is 1.80. The second kappa shape index (κ2) is 5.35. The number of para-hydroxylation sites is 2. The second-order valence-corrected chi connectivity index (χ2v) is 4.10. The van der Waals surface area contributed by atoms with Crippen LogP contribution in [0.4, 0.5) is 5.69 Å². The molecular weight excluding hydrogens is 240 g/mol. The normalized spacial score (nSPS) is 11.3. The van der Waals surface area contributed by atoms with Crippen LogP contribution < -0.4 is 5.73 Å². The summed E-state index contributed by atoms with van der Waals surface area (Å²) < 4.78 is 0. The van der Waals surface area contributed by atoms with E-state index in [0.29, 0.717) is 22.5 Å². The smallest absolute Gasteiger partial charge is 0.250 e. The Morgan fingerprint density at radius 1 is 1.05 bits per heavy atom. The van der Waals surface area contributed by atoms with Crippen molar-refractivity contribution in [2.24, 2.45) is 10.7 Å². The maximum absolute atomic E-state index is 11.3. The number of rotatable bonds is 3. The number of carbonyl (C=O) groups is 1. The van der Waals surface area contributed by atoms with Crippen LogP contribution in [0.15, 0.2) is 53.5 Å². The molecule has 0 aromatic heterocycles. The first-order valence-corrected chi connectivity index (χ1v) is 5.82. The van der Waals surface area contributed by atoms with Gasteiger partial charge in [0.2, 0.25) is 0 Å². The molecule has 0 saturated carbocycles. The first kappa shape index (κ1) is 12.8. The molecule has 96 valence electrons. The van der Waals surface area contributed by atoms with E-state index in [1.165, 1.54) is 0 Å². The molecular formula is C15H14N2O2. The summed E-state index contributed by atoms with van der Waals surface area (Å²) in [5, 5.41) is 9.76. The lowest BCUT2D eigenvalue weighted by Gasteiger charge is -2.06. The molecule has 1 amide bonds. The average Bonchev–Trinajstić information content (AvgIpc) is 2.39. The Labute approximate surface area is 111 Å². The molecule has 0 aliphatic rings. The van der Waals surface area contributed by atoms with Crippen LogP contribution in [-0.4, -0.2) is 16.7 Å². The molecule has 2 aromatic rings. The van der Waals surface area contributed by atoms with Gasteiger partial charge in [-0.25, -0.2) is 0 Å². The number of benzene rings is 2. The first-order valence-electron chi connectivity index (χ1n) is 5.82. The van der Waals surface area contributed by atoms with Gasteiger partial charge in [0.05, 0.1) is 11.3 Å². The van der Waals surface area contributed by atoms with Crippen molar-refractivity contribution in [3.63, 3.8) is 0 Å². The highest BCUT2D eigenvalue weighted by Crippen LogP contribution is 2.22. The van der Waals surface area contributed by atoms with Crippen molar-refractivity contribution >= 4 is 17.3 Å². The number of aliphatic imine (C=N–C) groups is 1. The van der Waals surface area contributed by atoms with Crippen molar-refractivity contribution in [2.45, 2.75) is 6.92 Å². The van der Waals surface area contributed by atoms with Crippen molar-refractivity contribution in [3.8, 4) is 5.75 Å². The van der Waals surface area contributed by atoms with E-state index in [1.54, 1.807) is 49.4 Å². The molecule has 0 heterocycles. The monoisotopic (exact) mass is 254 g/mol. The lowest BCUT2D eigenvalue weighted by Crippen LogP contribution is -2.11. The SMILES string of the molecule is CC(=Nc1ccccc1C(N)=O)c1ccccc1O. The molecule has 0 unspecified atom stereocenters. The van der Waals surface area contributed by atoms with E-state index in [4.69, 9.17) is 5.73 Å². The van der Waals surface area contributed by atoms with Crippen molar-refractivity contribution in [3.05, 3.63) is 59.7 Å². The molecule has 0 aliphatic carbocycles. The number of carbonyl (C=O) groups excluding carboxylic acids is 1. The zero-order valence-corrected chi connectivity index (χ0v) is 10.5. The Morgan fingerprint density at radius 3 is 2.26 bits per heavy atom. The summed E-state index contributed by atoms with van der Waals surface area (Å²) in [6, 6.07) is 13.8. The largest absolute Gasteiger partial charge is 0.507 e. The van der Waals surface area contributed by atoms with Gasteiger partial charge < -0.3 is 10.8 Å². The molecule has 0 radical (unpaired) electrons. The fourth-order valence-corrected chi connectivity index (χ4v) is 1.80. The van der Waals surface area contributed by atoms with Gasteiger partial charge in [-0.05, 0) is 31.2 Å². The highest BCUT2D eigenvalue weighted by Gasteiger charge is 2.08. The number of hydrogen-bond acceptors (Lipinski definition) is 3. The van der Waals surface area contributed by atoms with Crippen LogP contribution >= 0.6 is 0 Å². The van der Waals surface area contributed by atoms with E-state index in [-0.39, 0.29) is 5.75 Å². The molecule has 2 rings (SSSR count). The predicted molar refractivity (Wildman–Crippen MR) is 74.9 cm³/mol. The standard InChI is InChI=1S/C15H14N2O2/c1-10(11-6-3-5-9-14(11)18)17-13-8-4-2-7-12(13)15(16)19/h2-9,18H,1H3,(H2,16,19). The molecule has 19 heavy (non-hydrogen) atoms. The third-order valence-corrected chi connectivity index (χ3v) is 2.75. The van der Waals surface area contributed by atoms with Gasteiger partial charge >= 0.3 is 0 Å². The van der Waals surface area contributed by atoms with E-state index >= 15 is 0 Å². The van der Waals surface area contributed by atoms with Gasteiger partial charge in [-0.15, -0.1) is 0 Å². The maximum Gasteiger partial charge on any atom is 0.250 e. The second-order valence-electron chi connectivity index (χ2n) is 4.10. The Hall–Kier alpha value is -2.62. The third kappa shape index (κ3) is 2.80. The van der Waals surface area contributed by atoms with Crippen LogP contribution in [0.2, 0.25) is 0 Å². The number of hydrogen-bond donors (Lipinski definition) is 2. The molecule has 4 nitrogen and oxygen atoms in total. The lowest BCUT2D eigenvalue weighted by atomic mass is 10.1. The van der Waals surface area contributed by atoms with Crippen molar-refractivity contribution < 1.29 is 9.90 Å². The summed E-state index contributed by atoms with van der Waals surface area (Å²) in [6.07, 6.45) is 0. The summed E-state index contributed by atoms with van der Waals surface area (Å²) >= 11 is 0. The number of phenols is 1. The van der Waals surface area contributed by atoms with E-state index in [0.717, 1.165) is 0 Å².